The van der Waals surface area contributed by atoms with E-state index in [1.54, 1.807) is 12.1 Å². The third-order valence-corrected chi connectivity index (χ3v) is 3.61. The zero-order chi connectivity index (χ0) is 15.9. The lowest BCUT2D eigenvalue weighted by molar-refractivity contribution is -0.136. The van der Waals surface area contributed by atoms with Gasteiger partial charge in [-0.2, -0.15) is 0 Å². The molecular weight excluding hydrogens is 308 g/mol. The number of halogens is 1. The first kappa shape index (κ1) is 16.5. The maximum absolute atomic E-state index is 11.8. The van der Waals surface area contributed by atoms with E-state index >= 15 is 0 Å². The molecule has 1 heterocycles. The highest BCUT2D eigenvalue weighted by molar-refractivity contribution is 6.40. The first-order valence-electron chi connectivity index (χ1n) is 7.00. The van der Waals surface area contributed by atoms with Gasteiger partial charge in [0.15, 0.2) is 0 Å². The standard InChI is InChI=1S/C14H19ClN4O3/c15-11-9-10(1-2-12(11)16)18-14(21)13(20)17-3-4-19-5-7-22-8-6-19/h1-2,9H,3-8,16H2,(H,17,20)(H,18,21). The summed E-state index contributed by atoms with van der Waals surface area (Å²) in [6, 6.07) is 4.64. The molecule has 120 valence electrons. The molecule has 0 spiro atoms. The molecule has 0 aliphatic carbocycles. The van der Waals surface area contributed by atoms with E-state index in [4.69, 9.17) is 22.1 Å². The van der Waals surface area contributed by atoms with Crippen molar-refractivity contribution in [2.45, 2.75) is 0 Å². The molecule has 0 aromatic heterocycles. The lowest BCUT2D eigenvalue weighted by atomic mass is 10.3. The van der Waals surface area contributed by atoms with E-state index in [9.17, 15) is 9.59 Å². The Morgan fingerprint density at radius 1 is 1.27 bits per heavy atom. The molecule has 1 saturated heterocycles. The van der Waals surface area contributed by atoms with Gasteiger partial charge in [-0.15, -0.1) is 0 Å². The number of nitrogens with one attached hydrogen (secondary N) is 2. The van der Waals surface area contributed by atoms with Crippen LogP contribution in [0, 0.1) is 0 Å². The van der Waals surface area contributed by atoms with Crippen LogP contribution in [-0.4, -0.2) is 56.1 Å². The molecule has 1 aromatic carbocycles. The number of nitrogens with two attached hydrogens (primary N) is 1. The van der Waals surface area contributed by atoms with E-state index in [1.807, 2.05) is 0 Å². The number of morpholine rings is 1. The second kappa shape index (κ2) is 7.98. The Bertz CT molecular complexity index is 547. The average molecular weight is 327 g/mol. The number of hydrogen-bond acceptors (Lipinski definition) is 5. The van der Waals surface area contributed by atoms with Gasteiger partial charge in [-0.05, 0) is 18.2 Å². The zero-order valence-corrected chi connectivity index (χ0v) is 12.9. The van der Waals surface area contributed by atoms with Gasteiger partial charge in [0.2, 0.25) is 0 Å². The number of carbonyl (C=O) groups excluding carboxylic acids is 2. The van der Waals surface area contributed by atoms with Gasteiger partial charge in [0.05, 0.1) is 23.9 Å². The fraction of sp³-hybridized carbons (Fsp3) is 0.429. The van der Waals surface area contributed by atoms with Crippen molar-refractivity contribution >= 4 is 34.8 Å². The smallest absolute Gasteiger partial charge is 0.313 e. The number of anilines is 2. The third kappa shape index (κ3) is 4.87. The van der Waals surface area contributed by atoms with Gasteiger partial charge in [-0.25, -0.2) is 0 Å². The summed E-state index contributed by atoms with van der Waals surface area (Å²) in [7, 11) is 0. The molecule has 1 aromatic rings. The number of nitrogen functional groups attached to an aromatic ring is 1. The fourth-order valence-electron chi connectivity index (χ4n) is 2.03. The number of rotatable bonds is 4. The summed E-state index contributed by atoms with van der Waals surface area (Å²) in [4.78, 5) is 25.6. The van der Waals surface area contributed by atoms with Crippen molar-refractivity contribution in [2.75, 3.05) is 50.4 Å². The molecular formula is C14H19ClN4O3. The van der Waals surface area contributed by atoms with E-state index in [0.717, 1.165) is 13.1 Å². The van der Waals surface area contributed by atoms with Crippen molar-refractivity contribution in [1.29, 1.82) is 0 Å². The van der Waals surface area contributed by atoms with Gasteiger partial charge in [0.25, 0.3) is 0 Å². The molecule has 0 radical (unpaired) electrons. The second-order valence-corrected chi connectivity index (χ2v) is 5.31. The number of ether oxygens (including phenoxy) is 1. The van der Waals surface area contributed by atoms with E-state index < -0.39 is 11.8 Å². The molecule has 1 aliphatic rings. The van der Waals surface area contributed by atoms with Crippen LogP contribution in [0.15, 0.2) is 18.2 Å². The van der Waals surface area contributed by atoms with Crippen molar-refractivity contribution in [3.63, 3.8) is 0 Å². The van der Waals surface area contributed by atoms with Gasteiger partial charge in [-0.1, -0.05) is 11.6 Å². The van der Waals surface area contributed by atoms with E-state index in [1.165, 1.54) is 6.07 Å². The Kier molecular flexibility index (Phi) is 6.00. The number of carbonyl (C=O) groups is 2. The van der Waals surface area contributed by atoms with Gasteiger partial charge >= 0.3 is 11.8 Å². The van der Waals surface area contributed by atoms with Crippen molar-refractivity contribution in [1.82, 2.24) is 10.2 Å². The monoisotopic (exact) mass is 326 g/mol. The Hall–Kier alpha value is -1.83. The zero-order valence-electron chi connectivity index (χ0n) is 12.1. The molecule has 0 atom stereocenters. The molecule has 0 unspecified atom stereocenters. The molecule has 4 N–H and O–H groups in total. The SMILES string of the molecule is Nc1ccc(NC(=O)C(=O)NCCN2CCOCC2)cc1Cl. The molecule has 1 aliphatic heterocycles. The first-order valence-corrected chi connectivity index (χ1v) is 7.38. The summed E-state index contributed by atoms with van der Waals surface area (Å²) in [5, 5.41) is 5.38. The maximum atomic E-state index is 11.8. The summed E-state index contributed by atoms with van der Waals surface area (Å²) < 4.78 is 5.24. The molecule has 2 rings (SSSR count). The van der Waals surface area contributed by atoms with Crippen LogP contribution in [0.25, 0.3) is 0 Å². The number of hydrogen-bond donors (Lipinski definition) is 3. The van der Waals surface area contributed by atoms with E-state index in [-0.39, 0.29) is 0 Å². The maximum Gasteiger partial charge on any atom is 0.313 e. The normalized spacial score (nSPS) is 15.3. The van der Waals surface area contributed by atoms with Gasteiger partial charge in [-0.3, -0.25) is 14.5 Å². The van der Waals surface area contributed by atoms with Crippen LogP contribution in [0.2, 0.25) is 5.02 Å². The molecule has 1 fully saturated rings. The minimum atomic E-state index is -0.734. The highest BCUT2D eigenvalue weighted by Gasteiger charge is 2.15. The van der Waals surface area contributed by atoms with Crippen LogP contribution in [0.4, 0.5) is 11.4 Å². The van der Waals surface area contributed by atoms with Crippen molar-refractivity contribution in [3.8, 4) is 0 Å². The highest BCUT2D eigenvalue weighted by atomic mass is 35.5. The van der Waals surface area contributed by atoms with E-state index in [2.05, 4.69) is 15.5 Å². The average Bonchev–Trinajstić information content (AvgIpc) is 2.52. The Labute approximate surface area is 133 Å². The molecule has 8 heteroatoms. The van der Waals surface area contributed by atoms with Crippen molar-refractivity contribution in [3.05, 3.63) is 23.2 Å². The molecule has 0 saturated carbocycles. The van der Waals surface area contributed by atoms with Gasteiger partial charge in [0.1, 0.15) is 0 Å². The highest BCUT2D eigenvalue weighted by Crippen LogP contribution is 2.22. The Balaban J connectivity index is 1.74. The van der Waals surface area contributed by atoms with Crippen LogP contribution >= 0.6 is 11.6 Å². The van der Waals surface area contributed by atoms with Gasteiger partial charge < -0.3 is 21.1 Å². The summed E-state index contributed by atoms with van der Waals surface area (Å²) >= 11 is 5.85. The van der Waals surface area contributed by atoms with Crippen LogP contribution in [0.5, 0.6) is 0 Å². The summed E-state index contributed by atoms with van der Waals surface area (Å²) in [6.07, 6.45) is 0. The Morgan fingerprint density at radius 2 is 2.00 bits per heavy atom. The predicted molar refractivity (Wildman–Crippen MR) is 84.8 cm³/mol. The third-order valence-electron chi connectivity index (χ3n) is 3.28. The first-order chi connectivity index (χ1) is 10.6. The summed E-state index contributed by atoms with van der Waals surface area (Å²) in [5.74, 6) is -1.41. The lowest BCUT2D eigenvalue weighted by Crippen LogP contribution is -2.43. The van der Waals surface area contributed by atoms with Crippen molar-refractivity contribution < 1.29 is 14.3 Å². The molecule has 7 nitrogen and oxygen atoms in total. The number of amides is 2. The van der Waals surface area contributed by atoms with Gasteiger partial charge in [0, 0.05) is 31.9 Å². The number of nitrogens with zero attached hydrogens (tertiary/aromatic N) is 1. The van der Waals surface area contributed by atoms with Crippen LogP contribution < -0.4 is 16.4 Å². The minimum absolute atomic E-state index is 0.325. The van der Waals surface area contributed by atoms with E-state index in [0.29, 0.717) is 42.7 Å². The lowest BCUT2D eigenvalue weighted by Gasteiger charge is -2.26. The number of benzene rings is 1. The van der Waals surface area contributed by atoms with Crippen LogP contribution in [0.3, 0.4) is 0 Å². The molecule has 2 amide bonds. The second-order valence-electron chi connectivity index (χ2n) is 4.90. The summed E-state index contributed by atoms with van der Waals surface area (Å²) in [6.45, 7) is 4.18. The minimum Gasteiger partial charge on any atom is -0.398 e. The summed E-state index contributed by atoms with van der Waals surface area (Å²) in [5.41, 5.74) is 6.41. The largest absolute Gasteiger partial charge is 0.398 e. The molecule has 22 heavy (non-hydrogen) atoms. The fourth-order valence-corrected chi connectivity index (χ4v) is 2.21. The van der Waals surface area contributed by atoms with Crippen LogP contribution in [0.1, 0.15) is 0 Å². The molecule has 0 bridgehead atoms. The quantitative estimate of drug-likeness (QED) is 0.546. The van der Waals surface area contributed by atoms with Crippen molar-refractivity contribution in [2.24, 2.45) is 0 Å². The Morgan fingerprint density at radius 3 is 2.68 bits per heavy atom. The predicted octanol–water partition coefficient (Wildman–Crippen LogP) is 0.309. The van der Waals surface area contributed by atoms with Crippen LogP contribution in [-0.2, 0) is 14.3 Å². The topological polar surface area (TPSA) is 96.7 Å².